The molecule has 17 heavy (non-hydrogen) atoms. The molecule has 0 heterocycles. The molecule has 0 fully saturated rings. The van der Waals surface area contributed by atoms with Gasteiger partial charge in [0.05, 0.1) is 25.1 Å². The van der Waals surface area contributed by atoms with Crippen LogP contribution in [-0.2, 0) is 23.7 Å². The van der Waals surface area contributed by atoms with Crippen molar-refractivity contribution in [3.8, 4) is 0 Å². The van der Waals surface area contributed by atoms with Gasteiger partial charge in [-0.15, -0.1) is 0 Å². The highest BCUT2D eigenvalue weighted by Gasteiger charge is 2.22. The maximum Gasteiger partial charge on any atom is 0.330 e. The predicted molar refractivity (Wildman–Crippen MR) is 66.0 cm³/mol. The van der Waals surface area contributed by atoms with Crippen molar-refractivity contribution in [3.63, 3.8) is 0 Å². The van der Waals surface area contributed by atoms with E-state index in [1.54, 1.807) is 13.8 Å². The van der Waals surface area contributed by atoms with Crippen molar-refractivity contribution in [2.45, 2.75) is 33.1 Å². The number of hydrogen-bond donors (Lipinski definition) is 1. The van der Waals surface area contributed by atoms with E-state index in [0.717, 1.165) is 0 Å². The number of hydrogen-bond acceptors (Lipinski definition) is 5. The Bertz CT molecular complexity index is 329. The first kappa shape index (κ1) is 17.1. The lowest BCUT2D eigenvalue weighted by molar-refractivity contribution is 0.219. The molecule has 8 heteroatoms. The summed E-state index contributed by atoms with van der Waals surface area (Å²) in [6, 6.07) is 0. The molecule has 0 aromatic heterocycles. The van der Waals surface area contributed by atoms with Gasteiger partial charge in [0, 0.05) is 0 Å². The molecule has 0 atom stereocenters. The van der Waals surface area contributed by atoms with Crippen LogP contribution in [0.25, 0.3) is 0 Å². The van der Waals surface area contributed by atoms with E-state index in [1.807, 2.05) is 0 Å². The third-order valence-electron chi connectivity index (χ3n) is 1.99. The van der Waals surface area contributed by atoms with Crippen molar-refractivity contribution in [1.29, 1.82) is 0 Å². The highest BCUT2D eigenvalue weighted by molar-refractivity contribution is 7.85. The van der Waals surface area contributed by atoms with Gasteiger partial charge in [0.25, 0.3) is 10.1 Å². The molecule has 0 aromatic carbocycles. The van der Waals surface area contributed by atoms with Gasteiger partial charge in [-0.3, -0.25) is 9.12 Å². The van der Waals surface area contributed by atoms with Crippen molar-refractivity contribution in [1.82, 2.24) is 0 Å². The quantitative estimate of drug-likeness (QED) is 0.377. The molecule has 0 aliphatic heterocycles. The monoisotopic (exact) mass is 288 g/mol. The van der Waals surface area contributed by atoms with Gasteiger partial charge in [0.2, 0.25) is 0 Å². The minimum atomic E-state index is -3.89. The molecule has 0 amide bonds. The smallest absolute Gasteiger partial charge is 0.309 e. The Morgan fingerprint density at radius 2 is 1.59 bits per heavy atom. The predicted octanol–water partition coefficient (Wildman–Crippen LogP) is 2.31. The van der Waals surface area contributed by atoms with Crippen molar-refractivity contribution in [3.05, 3.63) is 0 Å². The second kappa shape index (κ2) is 8.21. The van der Waals surface area contributed by atoms with E-state index in [9.17, 15) is 13.0 Å². The lowest BCUT2D eigenvalue weighted by Gasteiger charge is -2.16. The van der Waals surface area contributed by atoms with Gasteiger partial charge in [-0.1, -0.05) is 6.42 Å². The highest BCUT2D eigenvalue weighted by atomic mass is 32.2. The molecule has 0 unspecified atom stereocenters. The summed E-state index contributed by atoms with van der Waals surface area (Å²) in [7, 11) is -6.90. The first-order valence-electron chi connectivity index (χ1n) is 5.66. The Kier molecular flexibility index (Phi) is 8.24. The largest absolute Gasteiger partial charge is 0.330 e. The molecule has 0 rings (SSSR count). The average Bonchev–Trinajstić information content (AvgIpc) is 2.16. The van der Waals surface area contributed by atoms with Crippen LogP contribution in [0.4, 0.5) is 0 Å². The maximum absolute atomic E-state index is 12.0. The molecule has 0 saturated heterocycles. The first-order valence-corrected chi connectivity index (χ1v) is 9.00. The Morgan fingerprint density at radius 1 is 1.06 bits per heavy atom. The summed E-state index contributed by atoms with van der Waals surface area (Å²) in [6.45, 7) is 4.12. The summed E-state index contributed by atoms with van der Waals surface area (Å²) in [5.41, 5.74) is 0. The Hall–Kier alpha value is 0.0600. The van der Waals surface area contributed by atoms with Gasteiger partial charge in [-0.2, -0.15) is 8.42 Å². The van der Waals surface area contributed by atoms with Crippen LogP contribution in [0.1, 0.15) is 33.1 Å². The zero-order valence-electron chi connectivity index (χ0n) is 10.3. The van der Waals surface area contributed by atoms with E-state index < -0.39 is 17.7 Å². The van der Waals surface area contributed by atoms with Crippen LogP contribution in [-0.4, -0.2) is 38.1 Å². The normalized spacial score (nSPS) is 12.9. The molecule has 0 aliphatic carbocycles. The molecule has 0 bridgehead atoms. The highest BCUT2D eigenvalue weighted by Crippen LogP contribution is 2.48. The molecule has 1 N–H and O–H groups in total. The standard InChI is InChI=1S/C9H21O6PS/c1-3-14-16(10,15-4-2)8-6-5-7-9-17(11,12)13/h3-9H2,1-2H3,(H,11,12,13). The molecule has 0 saturated carbocycles. The molecular weight excluding hydrogens is 267 g/mol. The molecule has 0 aromatic rings. The first-order chi connectivity index (χ1) is 7.83. The summed E-state index contributed by atoms with van der Waals surface area (Å²) < 4.78 is 51.5. The maximum atomic E-state index is 12.0. The Morgan fingerprint density at radius 3 is 2.00 bits per heavy atom. The number of unbranched alkanes of at least 4 members (excludes halogenated alkanes) is 2. The summed E-state index contributed by atoms with van der Waals surface area (Å²) in [5.74, 6) is -0.263. The van der Waals surface area contributed by atoms with Crippen LogP contribution in [0.15, 0.2) is 0 Å². The summed E-state index contributed by atoms with van der Waals surface area (Å²) in [5, 5.41) is 0. The van der Waals surface area contributed by atoms with Crippen LogP contribution in [0.5, 0.6) is 0 Å². The lowest BCUT2D eigenvalue weighted by Crippen LogP contribution is -2.04. The van der Waals surface area contributed by atoms with E-state index in [2.05, 4.69) is 0 Å². The van der Waals surface area contributed by atoms with Crippen molar-refractivity contribution in [2.24, 2.45) is 0 Å². The van der Waals surface area contributed by atoms with Crippen LogP contribution in [0.3, 0.4) is 0 Å². The Labute approximate surface area is 103 Å². The molecule has 6 nitrogen and oxygen atoms in total. The summed E-state index contributed by atoms with van der Waals surface area (Å²) >= 11 is 0. The minimum Gasteiger partial charge on any atom is -0.309 e. The van der Waals surface area contributed by atoms with Gasteiger partial charge >= 0.3 is 7.60 Å². The average molecular weight is 288 g/mol. The molecular formula is C9H21O6PS. The van der Waals surface area contributed by atoms with Gasteiger partial charge in [-0.25, -0.2) is 0 Å². The molecule has 0 spiro atoms. The second-order valence-electron chi connectivity index (χ2n) is 3.52. The van der Waals surface area contributed by atoms with E-state index in [4.69, 9.17) is 13.6 Å². The van der Waals surface area contributed by atoms with Gasteiger partial charge in [0.1, 0.15) is 0 Å². The van der Waals surface area contributed by atoms with Gasteiger partial charge in [-0.05, 0) is 26.7 Å². The molecule has 104 valence electrons. The number of rotatable bonds is 10. The molecule has 0 aliphatic rings. The van der Waals surface area contributed by atoms with Crippen molar-refractivity contribution >= 4 is 17.7 Å². The zero-order chi connectivity index (χ0) is 13.4. The summed E-state index contributed by atoms with van der Waals surface area (Å²) in [4.78, 5) is 0. The zero-order valence-corrected chi connectivity index (χ0v) is 12.0. The minimum absolute atomic E-state index is 0.263. The third-order valence-corrected chi connectivity index (χ3v) is 4.96. The van der Waals surface area contributed by atoms with E-state index in [0.29, 0.717) is 32.5 Å². The van der Waals surface area contributed by atoms with Crippen molar-refractivity contribution in [2.75, 3.05) is 25.1 Å². The van der Waals surface area contributed by atoms with Gasteiger partial charge in [0.15, 0.2) is 0 Å². The fourth-order valence-electron chi connectivity index (χ4n) is 1.33. The van der Waals surface area contributed by atoms with E-state index in [1.165, 1.54) is 0 Å². The SMILES string of the molecule is CCOP(=O)(CCCCCS(=O)(=O)O)OCC. The van der Waals surface area contributed by atoms with Crippen molar-refractivity contribution < 1.29 is 26.6 Å². The second-order valence-corrected chi connectivity index (χ2v) is 7.27. The Balaban J connectivity index is 3.87. The lowest BCUT2D eigenvalue weighted by atomic mass is 10.3. The van der Waals surface area contributed by atoms with E-state index in [-0.39, 0.29) is 11.9 Å². The fraction of sp³-hybridized carbons (Fsp3) is 1.00. The van der Waals surface area contributed by atoms with Crippen LogP contribution in [0.2, 0.25) is 0 Å². The molecule has 0 radical (unpaired) electrons. The topological polar surface area (TPSA) is 89.9 Å². The fourth-order valence-corrected chi connectivity index (χ4v) is 3.63. The third kappa shape index (κ3) is 9.73. The van der Waals surface area contributed by atoms with Crippen LogP contribution in [0, 0.1) is 0 Å². The van der Waals surface area contributed by atoms with Crippen LogP contribution < -0.4 is 0 Å². The van der Waals surface area contributed by atoms with E-state index >= 15 is 0 Å². The van der Waals surface area contributed by atoms with Crippen LogP contribution >= 0.6 is 7.60 Å². The summed E-state index contributed by atoms with van der Waals surface area (Å²) in [6.07, 6.45) is 1.73. The van der Waals surface area contributed by atoms with Gasteiger partial charge < -0.3 is 9.05 Å².